The predicted molar refractivity (Wildman–Crippen MR) is 81.3 cm³/mol. The smallest absolute Gasteiger partial charge is 0.360 e. The Morgan fingerprint density at radius 3 is 2.71 bits per heavy atom. The molecular formula is C15H19N5O4. The van der Waals surface area contributed by atoms with Gasteiger partial charge in [0.1, 0.15) is 6.10 Å². The van der Waals surface area contributed by atoms with Gasteiger partial charge in [-0.1, -0.05) is 11.6 Å². The Balaban J connectivity index is 1.74. The minimum atomic E-state index is -0.541. The van der Waals surface area contributed by atoms with Crippen LogP contribution in [0.5, 0.6) is 0 Å². The van der Waals surface area contributed by atoms with Gasteiger partial charge < -0.3 is 9.47 Å². The lowest BCUT2D eigenvalue weighted by atomic mass is 9.92. The number of methoxy groups -OCH3 is 1. The van der Waals surface area contributed by atoms with Crippen molar-refractivity contribution in [3.05, 3.63) is 29.8 Å². The summed E-state index contributed by atoms with van der Waals surface area (Å²) in [5, 5.41) is 11.8. The second kappa shape index (κ2) is 6.81. The molecule has 9 nitrogen and oxygen atoms in total. The van der Waals surface area contributed by atoms with Crippen LogP contribution in [0.15, 0.2) is 18.6 Å². The van der Waals surface area contributed by atoms with Crippen LogP contribution in [-0.2, 0) is 16.5 Å². The van der Waals surface area contributed by atoms with Gasteiger partial charge in [-0.2, -0.15) is 5.10 Å². The van der Waals surface area contributed by atoms with Crippen LogP contribution in [0.1, 0.15) is 52.6 Å². The minimum absolute atomic E-state index is 0.139. The second-order valence-corrected chi connectivity index (χ2v) is 5.77. The molecule has 0 unspecified atom stereocenters. The summed E-state index contributed by atoms with van der Waals surface area (Å²) in [5.74, 6) is -0.950. The van der Waals surface area contributed by atoms with Gasteiger partial charge in [-0.3, -0.25) is 4.68 Å². The fourth-order valence-electron chi connectivity index (χ4n) is 2.89. The lowest BCUT2D eigenvalue weighted by Gasteiger charge is -2.30. The largest absolute Gasteiger partial charge is 0.464 e. The van der Waals surface area contributed by atoms with Crippen molar-refractivity contribution in [1.29, 1.82) is 0 Å². The van der Waals surface area contributed by atoms with E-state index in [2.05, 4.69) is 20.1 Å². The number of aromatic nitrogens is 5. The maximum atomic E-state index is 12.3. The summed E-state index contributed by atoms with van der Waals surface area (Å²) in [5.41, 5.74) is 0.552. The number of carbonyl (C=O) groups is 2. The first-order chi connectivity index (χ1) is 11.6. The molecule has 1 saturated carbocycles. The molecule has 2 atom stereocenters. The van der Waals surface area contributed by atoms with Gasteiger partial charge in [-0.05, 0) is 19.3 Å². The van der Waals surface area contributed by atoms with E-state index in [1.807, 2.05) is 0 Å². The average molecular weight is 333 g/mol. The molecule has 1 aliphatic rings. The number of hydrogen-bond donors (Lipinski definition) is 0. The van der Waals surface area contributed by atoms with Gasteiger partial charge in [0.15, 0.2) is 5.69 Å². The Hall–Kier alpha value is -2.71. The van der Waals surface area contributed by atoms with Crippen LogP contribution in [-0.4, -0.2) is 49.9 Å². The zero-order valence-electron chi connectivity index (χ0n) is 13.6. The first-order valence-electron chi connectivity index (χ1n) is 7.78. The molecule has 0 N–H and O–H groups in total. The molecule has 24 heavy (non-hydrogen) atoms. The molecule has 0 bridgehead atoms. The van der Waals surface area contributed by atoms with Crippen LogP contribution in [0.25, 0.3) is 0 Å². The normalized spacial score (nSPS) is 20.6. The van der Waals surface area contributed by atoms with Gasteiger partial charge in [-0.25, -0.2) is 14.3 Å². The van der Waals surface area contributed by atoms with E-state index >= 15 is 0 Å². The Morgan fingerprint density at radius 2 is 2.00 bits per heavy atom. The van der Waals surface area contributed by atoms with Crippen LogP contribution < -0.4 is 0 Å². The summed E-state index contributed by atoms with van der Waals surface area (Å²) in [7, 11) is 3.03. The molecule has 9 heteroatoms. The summed E-state index contributed by atoms with van der Waals surface area (Å²) in [4.78, 5) is 23.8. The first kappa shape index (κ1) is 16.2. The number of ether oxygens (including phenoxy) is 2. The maximum Gasteiger partial charge on any atom is 0.360 e. The van der Waals surface area contributed by atoms with E-state index in [0.29, 0.717) is 5.56 Å². The van der Waals surface area contributed by atoms with E-state index in [-0.39, 0.29) is 17.8 Å². The lowest BCUT2D eigenvalue weighted by molar-refractivity contribution is 0.00172. The van der Waals surface area contributed by atoms with Crippen molar-refractivity contribution in [3.63, 3.8) is 0 Å². The number of rotatable bonds is 4. The van der Waals surface area contributed by atoms with Crippen molar-refractivity contribution >= 4 is 11.9 Å². The van der Waals surface area contributed by atoms with Crippen molar-refractivity contribution in [2.24, 2.45) is 7.05 Å². The van der Waals surface area contributed by atoms with Crippen LogP contribution in [0, 0.1) is 0 Å². The molecule has 1 aliphatic carbocycles. The Morgan fingerprint density at radius 1 is 1.21 bits per heavy atom. The molecular weight excluding hydrogens is 314 g/mol. The molecule has 2 heterocycles. The SMILES string of the molecule is COC(=O)c1cn([C@@H]2CCCC[C@H]2OC(=O)c2cnn(C)c2)nn1. The van der Waals surface area contributed by atoms with Gasteiger partial charge >= 0.3 is 11.9 Å². The van der Waals surface area contributed by atoms with Gasteiger partial charge in [-0.15, -0.1) is 5.10 Å². The van der Waals surface area contributed by atoms with Crippen LogP contribution in [0.2, 0.25) is 0 Å². The zero-order valence-corrected chi connectivity index (χ0v) is 13.6. The molecule has 1 fully saturated rings. The highest BCUT2D eigenvalue weighted by atomic mass is 16.5. The highest BCUT2D eigenvalue weighted by molar-refractivity contribution is 5.89. The van der Waals surface area contributed by atoms with Crippen molar-refractivity contribution in [2.75, 3.05) is 7.11 Å². The molecule has 0 spiro atoms. The molecule has 0 aromatic carbocycles. The van der Waals surface area contributed by atoms with Crippen molar-refractivity contribution in [2.45, 2.75) is 37.8 Å². The molecule has 2 aromatic rings. The van der Waals surface area contributed by atoms with Crippen molar-refractivity contribution in [1.82, 2.24) is 24.8 Å². The van der Waals surface area contributed by atoms with Crippen LogP contribution in [0.3, 0.4) is 0 Å². The molecule has 0 radical (unpaired) electrons. The summed E-state index contributed by atoms with van der Waals surface area (Å²) < 4.78 is 13.4. The fourth-order valence-corrected chi connectivity index (χ4v) is 2.89. The second-order valence-electron chi connectivity index (χ2n) is 5.77. The van der Waals surface area contributed by atoms with Crippen molar-refractivity contribution < 1.29 is 19.1 Å². The van der Waals surface area contributed by atoms with E-state index in [1.54, 1.807) is 22.6 Å². The topological polar surface area (TPSA) is 101 Å². The third kappa shape index (κ3) is 3.29. The highest BCUT2D eigenvalue weighted by Crippen LogP contribution is 2.31. The first-order valence-corrected chi connectivity index (χ1v) is 7.78. The van der Waals surface area contributed by atoms with E-state index in [9.17, 15) is 9.59 Å². The third-order valence-corrected chi connectivity index (χ3v) is 4.11. The zero-order chi connectivity index (χ0) is 17.1. The summed E-state index contributed by atoms with van der Waals surface area (Å²) in [6, 6.07) is -0.148. The maximum absolute atomic E-state index is 12.3. The standard InChI is InChI=1S/C15H19N5O4/c1-19-8-10(7-16-19)14(21)24-13-6-4-3-5-12(13)20-9-11(17-18-20)15(22)23-2/h7-9,12-13H,3-6H2,1-2H3/t12-,13-/m1/s1. The molecule has 128 valence electrons. The van der Waals surface area contributed by atoms with E-state index < -0.39 is 11.9 Å². The van der Waals surface area contributed by atoms with Crippen LogP contribution >= 0.6 is 0 Å². The van der Waals surface area contributed by atoms with Gasteiger partial charge in [0.25, 0.3) is 0 Å². The third-order valence-electron chi connectivity index (χ3n) is 4.11. The van der Waals surface area contributed by atoms with E-state index in [4.69, 9.17) is 4.74 Å². The predicted octanol–water partition coefficient (Wildman–Crippen LogP) is 1.14. The lowest BCUT2D eigenvalue weighted by Crippen LogP contribution is -2.32. The number of esters is 2. The van der Waals surface area contributed by atoms with Crippen molar-refractivity contribution in [3.8, 4) is 0 Å². The summed E-state index contributed by atoms with van der Waals surface area (Å²) in [6.45, 7) is 0. The van der Waals surface area contributed by atoms with Gasteiger partial charge in [0.05, 0.1) is 31.1 Å². The van der Waals surface area contributed by atoms with Gasteiger partial charge in [0.2, 0.25) is 0 Å². The molecule has 3 rings (SSSR count). The minimum Gasteiger partial charge on any atom is -0.464 e. The number of nitrogens with zero attached hydrogens (tertiary/aromatic N) is 5. The molecule has 0 amide bonds. The molecule has 0 aliphatic heterocycles. The van der Waals surface area contributed by atoms with Gasteiger partial charge in [0, 0.05) is 13.2 Å². The quantitative estimate of drug-likeness (QED) is 0.773. The molecule has 0 saturated heterocycles. The monoisotopic (exact) mass is 333 g/mol. The Bertz CT molecular complexity index is 738. The Kier molecular flexibility index (Phi) is 4.59. The average Bonchev–Trinajstić information content (AvgIpc) is 3.24. The molecule has 2 aromatic heterocycles. The number of hydrogen-bond acceptors (Lipinski definition) is 7. The van der Waals surface area contributed by atoms with Crippen LogP contribution in [0.4, 0.5) is 0 Å². The Labute approximate surface area is 138 Å². The number of carbonyl (C=O) groups excluding carboxylic acids is 2. The summed E-state index contributed by atoms with van der Waals surface area (Å²) >= 11 is 0. The van der Waals surface area contributed by atoms with E-state index in [0.717, 1.165) is 25.7 Å². The highest BCUT2D eigenvalue weighted by Gasteiger charge is 2.31. The summed E-state index contributed by atoms with van der Waals surface area (Å²) in [6.07, 6.45) is 7.82. The fraction of sp³-hybridized carbons (Fsp3) is 0.533. The number of aryl methyl sites for hydroxylation is 1. The van der Waals surface area contributed by atoms with E-state index in [1.165, 1.54) is 19.5 Å².